The summed E-state index contributed by atoms with van der Waals surface area (Å²) in [5, 5.41) is 10.2. The Morgan fingerprint density at radius 1 is 1.04 bits per heavy atom. The molecule has 1 aromatic rings. The Morgan fingerprint density at radius 2 is 1.54 bits per heavy atom. The van der Waals surface area contributed by atoms with E-state index in [0.717, 1.165) is 32.1 Å². The minimum absolute atomic E-state index is 0.0976. The first-order valence-corrected chi connectivity index (χ1v) is 8.23. The smallest absolute Gasteiger partial charge is 0.338 e. The lowest BCUT2D eigenvalue weighted by Crippen LogP contribution is -2.45. The van der Waals surface area contributed by atoms with Crippen molar-refractivity contribution in [2.45, 2.75) is 50.6 Å². The Labute approximate surface area is 149 Å². The van der Waals surface area contributed by atoms with Crippen LogP contribution in [0.25, 0.3) is 0 Å². The summed E-state index contributed by atoms with van der Waals surface area (Å²) in [5.74, 6) is -8.56. The summed E-state index contributed by atoms with van der Waals surface area (Å²) in [6, 6.07) is 5.09. The molecular weight excluding hydrogens is 350 g/mol. The Kier molecular flexibility index (Phi) is 5.94. The number of halogens is 2. The minimum Gasteiger partial charge on any atom is -0.544 e. The second-order valence-corrected chi connectivity index (χ2v) is 6.55. The molecule has 8 heteroatoms. The van der Waals surface area contributed by atoms with E-state index in [2.05, 4.69) is 4.74 Å². The lowest BCUT2D eigenvalue weighted by Gasteiger charge is -2.33. The molecule has 2 rings (SSSR count). The van der Waals surface area contributed by atoms with E-state index in [0.29, 0.717) is 0 Å². The van der Waals surface area contributed by atoms with E-state index in [1.807, 2.05) is 6.92 Å². The number of hydrogen-bond donors (Lipinski definition) is 0. The molecule has 1 aliphatic carbocycles. The molecule has 6 nitrogen and oxygen atoms in total. The van der Waals surface area contributed by atoms with E-state index < -0.39 is 36.0 Å². The second-order valence-electron chi connectivity index (χ2n) is 6.55. The Bertz CT molecular complexity index is 677. The van der Waals surface area contributed by atoms with E-state index in [4.69, 9.17) is 4.74 Å². The van der Waals surface area contributed by atoms with Crippen molar-refractivity contribution in [3.05, 3.63) is 35.4 Å². The molecule has 0 aromatic heterocycles. The third-order valence-electron chi connectivity index (χ3n) is 4.29. The van der Waals surface area contributed by atoms with Crippen LogP contribution in [-0.2, 0) is 14.3 Å². The average molecular weight is 369 g/mol. The number of carbonyl (C=O) groups is 3. The molecule has 1 fully saturated rings. The van der Waals surface area contributed by atoms with Crippen LogP contribution in [0.2, 0.25) is 0 Å². The van der Waals surface area contributed by atoms with Gasteiger partial charge in [0.05, 0.1) is 11.1 Å². The third-order valence-corrected chi connectivity index (χ3v) is 4.29. The molecule has 0 saturated heterocycles. The molecule has 1 aliphatic rings. The summed E-state index contributed by atoms with van der Waals surface area (Å²) in [4.78, 5) is 34.1. The van der Waals surface area contributed by atoms with Crippen LogP contribution in [0.1, 0.15) is 59.7 Å². The minimum atomic E-state index is -4.27. The van der Waals surface area contributed by atoms with Crippen molar-refractivity contribution in [3.8, 4) is 0 Å². The van der Waals surface area contributed by atoms with E-state index in [-0.39, 0.29) is 11.1 Å². The molecular formula is C18H19F2O6-. The normalized spacial score (nSPS) is 16.6. The number of alkyl halides is 2. The monoisotopic (exact) mass is 369 g/mol. The first-order chi connectivity index (χ1) is 12.1. The van der Waals surface area contributed by atoms with Crippen molar-refractivity contribution in [2.75, 3.05) is 6.61 Å². The fourth-order valence-corrected chi connectivity index (χ4v) is 2.73. The number of hydrogen-bond acceptors (Lipinski definition) is 6. The molecule has 0 atom stereocenters. The van der Waals surface area contributed by atoms with E-state index >= 15 is 0 Å². The van der Waals surface area contributed by atoms with Crippen LogP contribution < -0.4 is 5.11 Å². The summed E-state index contributed by atoms with van der Waals surface area (Å²) in [6.07, 6.45) is 4.67. The molecule has 0 bridgehead atoms. The van der Waals surface area contributed by atoms with Crippen molar-refractivity contribution in [1.29, 1.82) is 0 Å². The maximum absolute atomic E-state index is 12.9. The van der Waals surface area contributed by atoms with Crippen LogP contribution in [0.15, 0.2) is 24.3 Å². The number of carbonyl (C=O) groups excluding carboxylic acids is 3. The highest BCUT2D eigenvalue weighted by molar-refractivity contribution is 5.93. The van der Waals surface area contributed by atoms with Crippen molar-refractivity contribution in [1.82, 2.24) is 0 Å². The topological polar surface area (TPSA) is 92.7 Å². The van der Waals surface area contributed by atoms with Gasteiger partial charge in [-0.1, -0.05) is 6.42 Å². The summed E-state index contributed by atoms with van der Waals surface area (Å²) < 4.78 is 35.5. The standard InChI is InChI=1S/C18H20F2O6/c1-17(9-3-2-4-10-17)26-15(22)13-7-5-12(6-8-13)14(21)25-11-18(19,20)16(23)24/h5-8H,2-4,9-11H2,1H3,(H,23,24)/p-1. The van der Waals surface area contributed by atoms with Crippen LogP contribution in [0.3, 0.4) is 0 Å². The van der Waals surface area contributed by atoms with Crippen molar-refractivity contribution in [3.63, 3.8) is 0 Å². The Hall–Kier alpha value is -2.51. The van der Waals surface area contributed by atoms with Crippen LogP contribution in [-0.4, -0.2) is 36.0 Å². The van der Waals surface area contributed by atoms with E-state index in [9.17, 15) is 28.3 Å². The molecule has 0 spiro atoms. The van der Waals surface area contributed by atoms with Gasteiger partial charge in [0.1, 0.15) is 11.6 Å². The molecule has 1 saturated carbocycles. The molecule has 0 N–H and O–H groups in total. The van der Waals surface area contributed by atoms with Crippen molar-refractivity contribution in [2.24, 2.45) is 0 Å². The van der Waals surface area contributed by atoms with Gasteiger partial charge in [-0.3, -0.25) is 0 Å². The molecule has 26 heavy (non-hydrogen) atoms. The largest absolute Gasteiger partial charge is 0.544 e. The highest BCUT2D eigenvalue weighted by atomic mass is 19.3. The number of aliphatic carboxylic acids is 1. The number of carboxylic acids is 1. The maximum atomic E-state index is 12.9. The summed E-state index contributed by atoms with van der Waals surface area (Å²) in [7, 11) is 0. The van der Waals surface area contributed by atoms with Gasteiger partial charge >= 0.3 is 17.9 Å². The zero-order valence-electron chi connectivity index (χ0n) is 14.3. The van der Waals surface area contributed by atoms with Gasteiger partial charge in [0.2, 0.25) is 0 Å². The predicted molar refractivity (Wildman–Crippen MR) is 83.6 cm³/mol. The van der Waals surface area contributed by atoms with Gasteiger partial charge in [0.15, 0.2) is 6.61 Å². The number of carboxylic acid groups (broad SMARTS) is 1. The van der Waals surface area contributed by atoms with Crippen LogP contribution in [0.5, 0.6) is 0 Å². The molecule has 0 amide bonds. The molecule has 0 heterocycles. The average Bonchev–Trinajstić information content (AvgIpc) is 2.60. The lowest BCUT2D eigenvalue weighted by atomic mass is 9.86. The molecule has 1 aromatic carbocycles. The zero-order chi connectivity index (χ0) is 19.4. The molecule has 0 aliphatic heterocycles. The van der Waals surface area contributed by atoms with Crippen LogP contribution in [0.4, 0.5) is 8.78 Å². The molecule has 0 radical (unpaired) electrons. The van der Waals surface area contributed by atoms with Crippen molar-refractivity contribution < 1.29 is 37.7 Å². The number of ether oxygens (including phenoxy) is 2. The van der Waals surface area contributed by atoms with Crippen LogP contribution in [0, 0.1) is 0 Å². The van der Waals surface area contributed by atoms with Gasteiger partial charge in [-0.25, -0.2) is 9.59 Å². The first kappa shape index (κ1) is 19.8. The van der Waals surface area contributed by atoms with E-state index in [1.54, 1.807) is 0 Å². The predicted octanol–water partition coefficient (Wildman–Crippen LogP) is 2.11. The summed E-state index contributed by atoms with van der Waals surface area (Å²) >= 11 is 0. The fraction of sp³-hybridized carbons (Fsp3) is 0.500. The maximum Gasteiger partial charge on any atom is 0.338 e. The Morgan fingerprint density at radius 3 is 2.04 bits per heavy atom. The summed E-state index contributed by atoms with van der Waals surface area (Å²) in [5.41, 5.74) is -0.392. The van der Waals surface area contributed by atoms with Gasteiger partial charge in [0.25, 0.3) is 0 Å². The van der Waals surface area contributed by atoms with Crippen molar-refractivity contribution >= 4 is 17.9 Å². The number of benzene rings is 1. The lowest BCUT2D eigenvalue weighted by molar-refractivity contribution is -0.331. The highest BCUT2D eigenvalue weighted by Gasteiger charge is 2.33. The zero-order valence-corrected chi connectivity index (χ0v) is 14.3. The summed E-state index contributed by atoms with van der Waals surface area (Å²) in [6.45, 7) is 0.254. The van der Waals surface area contributed by atoms with Gasteiger partial charge in [-0.15, -0.1) is 0 Å². The first-order valence-electron chi connectivity index (χ1n) is 8.23. The number of rotatable bonds is 6. The third kappa shape index (κ3) is 5.00. The van der Waals surface area contributed by atoms with Gasteiger partial charge in [0, 0.05) is 0 Å². The van der Waals surface area contributed by atoms with E-state index in [1.165, 1.54) is 24.3 Å². The van der Waals surface area contributed by atoms with Gasteiger partial charge in [-0.2, -0.15) is 8.78 Å². The van der Waals surface area contributed by atoms with Crippen LogP contribution >= 0.6 is 0 Å². The molecule has 0 unspecified atom stereocenters. The van der Waals surface area contributed by atoms with Gasteiger partial charge in [-0.05, 0) is 56.9 Å². The highest BCUT2D eigenvalue weighted by Crippen LogP contribution is 2.31. The number of esters is 2. The quantitative estimate of drug-likeness (QED) is 0.713. The fourth-order valence-electron chi connectivity index (χ4n) is 2.73. The second kappa shape index (κ2) is 7.80. The molecule has 142 valence electrons. The Balaban J connectivity index is 1.95. The van der Waals surface area contributed by atoms with Gasteiger partial charge < -0.3 is 19.4 Å². The SMILES string of the molecule is CC1(OC(=O)c2ccc(C(=O)OCC(F)(F)C(=O)[O-])cc2)CCCCC1.